The van der Waals surface area contributed by atoms with Crippen LogP contribution in [-0.2, 0) is 4.79 Å². The van der Waals surface area contributed by atoms with Crippen molar-refractivity contribution in [2.75, 3.05) is 26.3 Å². The number of nitrogens with one attached hydrogen (secondary N) is 2. The summed E-state index contributed by atoms with van der Waals surface area (Å²) in [6.07, 6.45) is 0.681. The first kappa shape index (κ1) is 20.3. The largest absolute Gasteiger partial charge is 0.494 e. The molecule has 0 radical (unpaired) electrons. The predicted molar refractivity (Wildman–Crippen MR) is 104 cm³/mol. The summed E-state index contributed by atoms with van der Waals surface area (Å²) in [5, 5.41) is 5.37. The van der Waals surface area contributed by atoms with Gasteiger partial charge in [0.2, 0.25) is 5.91 Å². The second kappa shape index (κ2) is 10.9. The molecule has 0 saturated heterocycles. The van der Waals surface area contributed by atoms with E-state index in [-0.39, 0.29) is 18.4 Å². The number of amides is 2. The van der Waals surface area contributed by atoms with Crippen LogP contribution in [0.1, 0.15) is 29.3 Å². The van der Waals surface area contributed by atoms with Crippen molar-refractivity contribution in [1.82, 2.24) is 10.6 Å². The molecule has 0 atom stereocenters. The maximum absolute atomic E-state index is 12.2. The van der Waals surface area contributed by atoms with Crippen molar-refractivity contribution >= 4 is 11.8 Å². The Kier molecular flexibility index (Phi) is 8.16. The van der Waals surface area contributed by atoms with Crippen LogP contribution in [0, 0.1) is 6.92 Å². The molecule has 6 heteroatoms. The number of hydrogen-bond donors (Lipinski definition) is 2. The Morgan fingerprint density at radius 1 is 1.00 bits per heavy atom. The summed E-state index contributed by atoms with van der Waals surface area (Å²) in [6, 6.07) is 14.8. The third-order valence-electron chi connectivity index (χ3n) is 3.74. The van der Waals surface area contributed by atoms with Crippen molar-refractivity contribution in [3.8, 4) is 11.5 Å². The van der Waals surface area contributed by atoms with Crippen molar-refractivity contribution in [2.45, 2.75) is 20.3 Å². The van der Waals surface area contributed by atoms with Gasteiger partial charge in [-0.15, -0.1) is 0 Å². The van der Waals surface area contributed by atoms with E-state index in [0.717, 1.165) is 11.3 Å². The van der Waals surface area contributed by atoms with Crippen molar-refractivity contribution in [3.63, 3.8) is 0 Å². The van der Waals surface area contributed by atoms with Crippen molar-refractivity contribution in [3.05, 3.63) is 59.7 Å². The summed E-state index contributed by atoms with van der Waals surface area (Å²) >= 11 is 0. The van der Waals surface area contributed by atoms with Gasteiger partial charge in [0.25, 0.3) is 5.91 Å². The first-order chi connectivity index (χ1) is 13.1. The monoisotopic (exact) mass is 370 g/mol. The van der Waals surface area contributed by atoms with Gasteiger partial charge in [0.1, 0.15) is 11.5 Å². The van der Waals surface area contributed by atoms with Crippen LogP contribution < -0.4 is 20.1 Å². The summed E-state index contributed by atoms with van der Waals surface area (Å²) in [5.41, 5.74) is 1.56. The Labute approximate surface area is 159 Å². The van der Waals surface area contributed by atoms with Gasteiger partial charge in [0, 0.05) is 6.54 Å². The highest BCUT2D eigenvalue weighted by atomic mass is 16.5. The lowest BCUT2D eigenvalue weighted by Gasteiger charge is -2.11. The number of rotatable bonds is 10. The quantitative estimate of drug-likeness (QED) is 0.631. The number of aryl methyl sites for hydroxylation is 1. The molecule has 27 heavy (non-hydrogen) atoms. The van der Waals surface area contributed by atoms with Gasteiger partial charge in [0.15, 0.2) is 0 Å². The van der Waals surface area contributed by atoms with E-state index >= 15 is 0 Å². The highest BCUT2D eigenvalue weighted by Crippen LogP contribution is 2.17. The highest BCUT2D eigenvalue weighted by Gasteiger charge is 2.12. The first-order valence-electron chi connectivity index (χ1n) is 9.06. The van der Waals surface area contributed by atoms with Crippen molar-refractivity contribution in [2.24, 2.45) is 0 Å². The Bertz CT molecular complexity index is 761. The van der Waals surface area contributed by atoms with Crippen LogP contribution >= 0.6 is 0 Å². The van der Waals surface area contributed by atoms with E-state index in [4.69, 9.17) is 9.47 Å². The lowest BCUT2D eigenvalue weighted by Crippen LogP contribution is -2.37. The standard InChI is InChI=1S/C21H26N2O4/c1-3-26-19-11-5-4-10-18(19)21(25)23-15-20(24)22-12-7-13-27-17-9-6-8-16(2)14-17/h4-6,8-11,14H,3,7,12-13,15H2,1-2H3,(H,22,24)(H,23,25). The van der Waals surface area contributed by atoms with Crippen LogP contribution in [0.5, 0.6) is 11.5 Å². The molecule has 2 N–H and O–H groups in total. The minimum absolute atomic E-state index is 0.0853. The second-order valence-corrected chi connectivity index (χ2v) is 5.98. The Morgan fingerprint density at radius 3 is 2.59 bits per heavy atom. The van der Waals surface area contributed by atoms with Crippen LogP contribution in [0.15, 0.2) is 48.5 Å². The van der Waals surface area contributed by atoms with Gasteiger partial charge in [-0.2, -0.15) is 0 Å². The molecule has 0 aliphatic rings. The lowest BCUT2D eigenvalue weighted by molar-refractivity contribution is -0.120. The number of hydrogen-bond acceptors (Lipinski definition) is 4. The molecule has 2 rings (SSSR count). The minimum Gasteiger partial charge on any atom is -0.494 e. The van der Waals surface area contributed by atoms with E-state index in [0.29, 0.717) is 37.5 Å². The fourth-order valence-electron chi connectivity index (χ4n) is 2.45. The zero-order valence-corrected chi connectivity index (χ0v) is 15.8. The van der Waals surface area contributed by atoms with E-state index in [9.17, 15) is 9.59 Å². The molecule has 0 saturated carbocycles. The van der Waals surface area contributed by atoms with Crippen LogP contribution in [0.4, 0.5) is 0 Å². The third-order valence-corrected chi connectivity index (χ3v) is 3.74. The van der Waals surface area contributed by atoms with Gasteiger partial charge < -0.3 is 20.1 Å². The van der Waals surface area contributed by atoms with Crippen molar-refractivity contribution < 1.29 is 19.1 Å². The van der Waals surface area contributed by atoms with Crippen molar-refractivity contribution in [1.29, 1.82) is 0 Å². The number of carbonyl (C=O) groups excluding carboxylic acids is 2. The number of carbonyl (C=O) groups is 2. The average Bonchev–Trinajstić information content (AvgIpc) is 2.66. The zero-order chi connectivity index (χ0) is 19.5. The summed E-state index contributed by atoms with van der Waals surface area (Å²) in [7, 11) is 0. The molecular formula is C21H26N2O4. The fraction of sp³-hybridized carbons (Fsp3) is 0.333. The topological polar surface area (TPSA) is 76.7 Å². The summed E-state index contributed by atoms with van der Waals surface area (Å²) in [4.78, 5) is 24.1. The molecule has 2 amide bonds. The minimum atomic E-state index is -0.336. The molecule has 0 spiro atoms. The van der Waals surface area contributed by atoms with E-state index in [1.807, 2.05) is 38.1 Å². The second-order valence-electron chi connectivity index (χ2n) is 5.98. The zero-order valence-electron chi connectivity index (χ0n) is 15.8. The van der Waals surface area contributed by atoms with E-state index in [1.165, 1.54) is 0 Å². The van der Waals surface area contributed by atoms with Crippen LogP contribution in [0.2, 0.25) is 0 Å². The smallest absolute Gasteiger partial charge is 0.255 e. The Morgan fingerprint density at radius 2 is 1.81 bits per heavy atom. The third kappa shape index (κ3) is 7.01. The number of para-hydroxylation sites is 1. The number of benzene rings is 2. The Balaban J connectivity index is 1.65. The van der Waals surface area contributed by atoms with Gasteiger partial charge in [0.05, 0.1) is 25.3 Å². The highest BCUT2D eigenvalue weighted by molar-refractivity contribution is 5.98. The van der Waals surface area contributed by atoms with E-state index < -0.39 is 0 Å². The molecule has 0 heterocycles. The van der Waals surface area contributed by atoms with Crippen LogP contribution in [0.3, 0.4) is 0 Å². The molecule has 0 bridgehead atoms. The molecule has 6 nitrogen and oxygen atoms in total. The number of ether oxygens (including phenoxy) is 2. The first-order valence-corrected chi connectivity index (χ1v) is 9.06. The van der Waals surface area contributed by atoms with Crippen LogP contribution in [0.25, 0.3) is 0 Å². The molecule has 2 aromatic rings. The SMILES string of the molecule is CCOc1ccccc1C(=O)NCC(=O)NCCCOc1cccc(C)c1. The molecule has 0 aromatic heterocycles. The predicted octanol–water partition coefficient (Wildman–Crippen LogP) is 2.71. The van der Waals surface area contributed by atoms with Gasteiger partial charge in [-0.05, 0) is 50.1 Å². The van der Waals surface area contributed by atoms with Gasteiger partial charge in [-0.25, -0.2) is 0 Å². The normalized spacial score (nSPS) is 10.1. The van der Waals surface area contributed by atoms with Gasteiger partial charge in [-0.3, -0.25) is 9.59 Å². The maximum Gasteiger partial charge on any atom is 0.255 e. The Hall–Kier alpha value is -3.02. The summed E-state index contributed by atoms with van der Waals surface area (Å²) in [6.45, 7) is 5.24. The molecule has 144 valence electrons. The summed E-state index contributed by atoms with van der Waals surface area (Å²) < 4.78 is 11.1. The van der Waals surface area contributed by atoms with Gasteiger partial charge >= 0.3 is 0 Å². The average molecular weight is 370 g/mol. The molecular weight excluding hydrogens is 344 g/mol. The summed E-state index contributed by atoms with van der Waals surface area (Å²) in [5.74, 6) is 0.748. The van der Waals surface area contributed by atoms with E-state index in [2.05, 4.69) is 10.6 Å². The molecule has 0 aliphatic carbocycles. The molecule has 0 fully saturated rings. The lowest BCUT2D eigenvalue weighted by atomic mass is 10.2. The maximum atomic E-state index is 12.2. The fourth-order valence-corrected chi connectivity index (χ4v) is 2.45. The molecule has 0 aliphatic heterocycles. The molecule has 2 aromatic carbocycles. The molecule has 0 unspecified atom stereocenters. The van der Waals surface area contributed by atoms with Gasteiger partial charge in [-0.1, -0.05) is 24.3 Å². The van der Waals surface area contributed by atoms with E-state index in [1.54, 1.807) is 24.3 Å². The van der Waals surface area contributed by atoms with Crippen LogP contribution in [-0.4, -0.2) is 38.1 Å².